The summed E-state index contributed by atoms with van der Waals surface area (Å²) in [6, 6.07) is -0.236. The summed E-state index contributed by atoms with van der Waals surface area (Å²) in [7, 11) is 0. The lowest BCUT2D eigenvalue weighted by atomic mass is 9.81. The van der Waals surface area contributed by atoms with Gasteiger partial charge in [0, 0.05) is 13.0 Å². The smallest absolute Gasteiger partial charge is 0.307 e. The summed E-state index contributed by atoms with van der Waals surface area (Å²) in [5.74, 6) is -1.02. The first-order chi connectivity index (χ1) is 12.1. The number of allylic oxidation sites excluding steroid dienone is 2. The van der Waals surface area contributed by atoms with E-state index in [0.29, 0.717) is 31.1 Å². The zero-order valence-electron chi connectivity index (χ0n) is 14.6. The van der Waals surface area contributed by atoms with Gasteiger partial charge in [0.25, 0.3) is 0 Å². The third kappa shape index (κ3) is 3.75. The molecule has 0 unspecified atom stereocenters. The number of rotatable bonds is 5. The van der Waals surface area contributed by atoms with E-state index in [1.165, 1.54) is 0 Å². The molecule has 1 N–H and O–H groups in total. The number of aryl methyl sites for hydroxylation is 1. The molecule has 1 aliphatic heterocycles. The summed E-state index contributed by atoms with van der Waals surface area (Å²) in [5.41, 5.74) is 0. The predicted molar refractivity (Wildman–Crippen MR) is 89.6 cm³/mol. The lowest BCUT2D eigenvalue weighted by molar-refractivity contribution is -0.152. The minimum atomic E-state index is -0.903. The van der Waals surface area contributed by atoms with Crippen LogP contribution >= 0.6 is 0 Å². The van der Waals surface area contributed by atoms with Crippen LogP contribution in [0.1, 0.15) is 63.2 Å². The van der Waals surface area contributed by atoms with Crippen molar-refractivity contribution in [1.29, 1.82) is 0 Å². The van der Waals surface area contributed by atoms with Crippen molar-refractivity contribution in [2.75, 3.05) is 6.54 Å². The van der Waals surface area contributed by atoms with Crippen molar-refractivity contribution in [2.45, 2.75) is 57.9 Å². The average molecular weight is 347 g/mol. The van der Waals surface area contributed by atoms with Crippen LogP contribution in [0.2, 0.25) is 0 Å². The van der Waals surface area contributed by atoms with Crippen molar-refractivity contribution in [3.63, 3.8) is 0 Å². The molecule has 136 valence electrons. The second kappa shape index (κ2) is 7.80. The van der Waals surface area contributed by atoms with Crippen molar-refractivity contribution in [2.24, 2.45) is 11.8 Å². The molecular weight excluding hydrogens is 322 g/mol. The Hall–Kier alpha value is -2.18. The number of aromatic nitrogens is 2. The fourth-order valence-electron chi connectivity index (χ4n) is 3.75. The quantitative estimate of drug-likeness (QED) is 0.823. The Kier molecular flexibility index (Phi) is 5.50. The fourth-order valence-corrected chi connectivity index (χ4v) is 3.75. The lowest BCUT2D eigenvalue weighted by Gasteiger charge is -2.37. The first kappa shape index (κ1) is 17.6. The molecule has 1 aromatic heterocycles. The number of piperidine rings is 1. The molecule has 0 spiro atoms. The average Bonchev–Trinajstić information content (AvgIpc) is 3.10. The molecule has 1 amide bonds. The van der Waals surface area contributed by atoms with Gasteiger partial charge in [0.1, 0.15) is 6.04 Å². The van der Waals surface area contributed by atoms with Gasteiger partial charge in [-0.2, -0.15) is 4.98 Å². The van der Waals surface area contributed by atoms with Crippen molar-refractivity contribution in [3.05, 3.63) is 23.9 Å². The first-order valence-corrected chi connectivity index (χ1v) is 9.12. The zero-order chi connectivity index (χ0) is 17.8. The summed E-state index contributed by atoms with van der Waals surface area (Å²) in [6.07, 6.45) is 9.01. The highest BCUT2D eigenvalue weighted by Gasteiger charge is 2.40. The number of hydrogen-bond donors (Lipinski definition) is 1. The number of amides is 1. The van der Waals surface area contributed by atoms with Crippen molar-refractivity contribution in [1.82, 2.24) is 15.0 Å². The molecule has 2 aliphatic rings. The number of hydrogen-bond acceptors (Lipinski definition) is 5. The SMILES string of the molecule is CCCc1noc([C@@H]2CCCCN2C(=O)[C@H]2CC=CC[C@H]2C(=O)O)n1. The van der Waals surface area contributed by atoms with Crippen LogP contribution in [-0.2, 0) is 16.0 Å². The summed E-state index contributed by atoms with van der Waals surface area (Å²) < 4.78 is 5.41. The van der Waals surface area contributed by atoms with Crippen LogP contribution in [-0.4, -0.2) is 38.6 Å². The minimum Gasteiger partial charge on any atom is -0.481 e. The van der Waals surface area contributed by atoms with Gasteiger partial charge in [0.2, 0.25) is 11.8 Å². The Balaban J connectivity index is 1.80. The molecule has 2 heterocycles. The molecule has 25 heavy (non-hydrogen) atoms. The summed E-state index contributed by atoms with van der Waals surface area (Å²) in [5, 5.41) is 13.5. The van der Waals surface area contributed by atoms with Gasteiger partial charge in [0.05, 0.1) is 11.8 Å². The maximum Gasteiger partial charge on any atom is 0.307 e. The predicted octanol–water partition coefficient (Wildman–Crippen LogP) is 2.74. The maximum atomic E-state index is 13.1. The zero-order valence-corrected chi connectivity index (χ0v) is 14.6. The molecule has 0 radical (unpaired) electrons. The molecule has 1 aromatic rings. The van der Waals surface area contributed by atoms with Crippen LogP contribution in [0.3, 0.4) is 0 Å². The number of carboxylic acid groups (broad SMARTS) is 1. The highest BCUT2D eigenvalue weighted by atomic mass is 16.5. The standard InChI is InChI=1S/C18H25N3O4/c1-2-7-15-19-16(25-20-15)14-10-5-6-11-21(14)17(22)12-8-3-4-9-13(12)18(23)24/h3-4,12-14H,2,5-11H2,1H3,(H,23,24)/t12-,13+,14-/m0/s1. The minimum absolute atomic E-state index is 0.100. The Labute approximate surface area is 147 Å². The molecule has 1 aliphatic carbocycles. The second-order valence-corrected chi connectivity index (χ2v) is 6.84. The van der Waals surface area contributed by atoms with Crippen molar-refractivity contribution < 1.29 is 19.2 Å². The normalized spacial score (nSPS) is 26.6. The van der Waals surface area contributed by atoms with E-state index in [4.69, 9.17) is 4.52 Å². The third-order valence-electron chi connectivity index (χ3n) is 5.10. The monoisotopic (exact) mass is 347 g/mol. The number of carbonyl (C=O) groups excluding carboxylic acids is 1. The van der Waals surface area contributed by atoms with E-state index in [1.54, 1.807) is 4.90 Å². The van der Waals surface area contributed by atoms with Gasteiger partial charge in [-0.3, -0.25) is 9.59 Å². The van der Waals surface area contributed by atoms with Crippen LogP contribution in [0.25, 0.3) is 0 Å². The molecule has 1 fully saturated rings. The van der Waals surface area contributed by atoms with E-state index in [1.807, 2.05) is 12.2 Å². The maximum absolute atomic E-state index is 13.1. The Morgan fingerprint density at radius 3 is 2.76 bits per heavy atom. The van der Waals surface area contributed by atoms with Crippen LogP contribution in [0.4, 0.5) is 0 Å². The highest BCUT2D eigenvalue weighted by Crippen LogP contribution is 2.35. The van der Waals surface area contributed by atoms with E-state index in [-0.39, 0.29) is 11.9 Å². The topological polar surface area (TPSA) is 96.5 Å². The largest absolute Gasteiger partial charge is 0.481 e. The molecule has 3 rings (SSSR count). The molecule has 7 heteroatoms. The second-order valence-electron chi connectivity index (χ2n) is 6.84. The van der Waals surface area contributed by atoms with E-state index < -0.39 is 17.8 Å². The molecule has 1 saturated heterocycles. The summed E-state index contributed by atoms with van der Waals surface area (Å²) in [4.78, 5) is 30.9. The Bertz CT molecular complexity index is 655. The molecule has 7 nitrogen and oxygen atoms in total. The third-order valence-corrected chi connectivity index (χ3v) is 5.10. The van der Waals surface area contributed by atoms with Gasteiger partial charge in [-0.15, -0.1) is 0 Å². The van der Waals surface area contributed by atoms with E-state index in [2.05, 4.69) is 17.1 Å². The van der Waals surface area contributed by atoms with E-state index in [0.717, 1.165) is 32.1 Å². The van der Waals surface area contributed by atoms with E-state index >= 15 is 0 Å². The van der Waals surface area contributed by atoms with Crippen molar-refractivity contribution >= 4 is 11.9 Å². The first-order valence-electron chi connectivity index (χ1n) is 9.12. The number of carbonyl (C=O) groups is 2. The number of carboxylic acids is 1. The van der Waals surface area contributed by atoms with Gasteiger partial charge in [-0.1, -0.05) is 24.2 Å². The molecule has 0 bridgehead atoms. The molecule has 3 atom stereocenters. The van der Waals surface area contributed by atoms with Crippen molar-refractivity contribution in [3.8, 4) is 0 Å². The fraction of sp³-hybridized carbons (Fsp3) is 0.667. The van der Waals surface area contributed by atoms with Gasteiger partial charge in [-0.05, 0) is 38.5 Å². The van der Waals surface area contributed by atoms with Crippen LogP contribution in [0.5, 0.6) is 0 Å². The number of aliphatic carboxylic acids is 1. The summed E-state index contributed by atoms with van der Waals surface area (Å²) in [6.45, 7) is 2.66. The number of nitrogens with zero attached hydrogens (tertiary/aromatic N) is 3. The van der Waals surface area contributed by atoms with Crippen LogP contribution in [0, 0.1) is 11.8 Å². The molecular formula is C18H25N3O4. The van der Waals surface area contributed by atoms with Gasteiger partial charge in [-0.25, -0.2) is 0 Å². The highest BCUT2D eigenvalue weighted by molar-refractivity contribution is 5.85. The Morgan fingerprint density at radius 2 is 2.04 bits per heavy atom. The van der Waals surface area contributed by atoms with Crippen LogP contribution in [0.15, 0.2) is 16.7 Å². The van der Waals surface area contributed by atoms with Gasteiger partial charge in [0.15, 0.2) is 5.82 Å². The molecule has 0 aromatic carbocycles. The van der Waals surface area contributed by atoms with Crippen LogP contribution < -0.4 is 0 Å². The van der Waals surface area contributed by atoms with Gasteiger partial charge < -0.3 is 14.5 Å². The lowest BCUT2D eigenvalue weighted by Crippen LogP contribution is -2.45. The van der Waals surface area contributed by atoms with Gasteiger partial charge >= 0.3 is 5.97 Å². The summed E-state index contributed by atoms with van der Waals surface area (Å²) >= 11 is 0. The Morgan fingerprint density at radius 1 is 1.28 bits per heavy atom. The van der Waals surface area contributed by atoms with E-state index in [9.17, 15) is 14.7 Å². The number of likely N-dealkylation sites (tertiary alicyclic amines) is 1. The molecule has 0 saturated carbocycles.